The molecular formula is C18H25F4NO4. The fourth-order valence-corrected chi connectivity index (χ4v) is 2.24. The minimum absolute atomic E-state index is 0.0141. The average Bonchev–Trinajstić information content (AvgIpc) is 2.52. The molecule has 1 unspecified atom stereocenters. The first-order valence-electron chi connectivity index (χ1n) is 8.41. The van der Waals surface area contributed by atoms with E-state index in [1.807, 2.05) is 0 Å². The maximum absolute atomic E-state index is 12.4. The summed E-state index contributed by atoms with van der Waals surface area (Å²) in [6.07, 6.45) is -1.12. The molecule has 27 heavy (non-hydrogen) atoms. The van der Waals surface area contributed by atoms with Gasteiger partial charge in [0.25, 0.3) is 0 Å². The van der Waals surface area contributed by atoms with E-state index in [9.17, 15) is 27.5 Å². The molecule has 2 N–H and O–H groups in total. The van der Waals surface area contributed by atoms with E-state index >= 15 is 0 Å². The standard InChI is InChI=1S/C18H25F4NO4/c1-18(2,3)14(24)10-15(25)23-13(7-8-26-16(19)20)11-5-4-6-12(9-11)27-17(21)22/h4-6,9,13-14,16-17,24H,7-8,10H2,1-3H3,(H,23,25)/t13-,14?/m0/s1. The van der Waals surface area contributed by atoms with Crippen LogP contribution in [0.3, 0.4) is 0 Å². The van der Waals surface area contributed by atoms with Gasteiger partial charge in [0.1, 0.15) is 5.75 Å². The fourth-order valence-electron chi connectivity index (χ4n) is 2.24. The Morgan fingerprint density at radius 3 is 2.41 bits per heavy atom. The molecule has 0 aliphatic heterocycles. The van der Waals surface area contributed by atoms with E-state index in [0.717, 1.165) is 0 Å². The van der Waals surface area contributed by atoms with E-state index in [-0.39, 0.29) is 25.2 Å². The van der Waals surface area contributed by atoms with Crippen LogP contribution in [0.5, 0.6) is 5.75 Å². The maximum Gasteiger partial charge on any atom is 0.387 e. The van der Waals surface area contributed by atoms with Gasteiger partial charge in [-0.15, -0.1) is 0 Å². The Kier molecular flexibility index (Phi) is 8.98. The van der Waals surface area contributed by atoms with E-state index < -0.39 is 36.7 Å². The normalized spacial score (nSPS) is 14.3. The van der Waals surface area contributed by atoms with Gasteiger partial charge in [-0.05, 0) is 29.5 Å². The van der Waals surface area contributed by atoms with Crippen LogP contribution in [-0.4, -0.2) is 36.9 Å². The van der Waals surface area contributed by atoms with Crippen molar-refractivity contribution in [1.29, 1.82) is 0 Å². The molecule has 154 valence electrons. The first kappa shape index (κ1) is 23.2. The van der Waals surface area contributed by atoms with Gasteiger partial charge in [0, 0.05) is 0 Å². The van der Waals surface area contributed by atoms with Crippen molar-refractivity contribution in [1.82, 2.24) is 5.32 Å². The Hall–Kier alpha value is -1.87. The van der Waals surface area contributed by atoms with Crippen molar-refractivity contribution < 1.29 is 36.9 Å². The SMILES string of the molecule is CC(C)(C)C(O)CC(=O)N[C@@H](CCOC(F)F)c1cccc(OC(F)F)c1. The average molecular weight is 395 g/mol. The summed E-state index contributed by atoms with van der Waals surface area (Å²) in [6, 6.07) is 4.83. The molecule has 0 bridgehead atoms. The summed E-state index contributed by atoms with van der Waals surface area (Å²) < 4.78 is 57.7. The van der Waals surface area contributed by atoms with Gasteiger partial charge in [-0.3, -0.25) is 4.79 Å². The number of carbonyl (C=O) groups excluding carboxylic acids is 1. The van der Waals surface area contributed by atoms with Gasteiger partial charge in [0.05, 0.1) is 25.2 Å². The minimum Gasteiger partial charge on any atom is -0.435 e. The van der Waals surface area contributed by atoms with Crippen LogP contribution in [0, 0.1) is 5.41 Å². The Morgan fingerprint density at radius 2 is 1.85 bits per heavy atom. The highest BCUT2D eigenvalue weighted by molar-refractivity contribution is 5.77. The van der Waals surface area contributed by atoms with Crippen LogP contribution in [-0.2, 0) is 9.53 Å². The number of hydrogen-bond acceptors (Lipinski definition) is 4. The van der Waals surface area contributed by atoms with Gasteiger partial charge < -0.3 is 19.9 Å². The summed E-state index contributed by atoms with van der Waals surface area (Å²) >= 11 is 0. The molecule has 0 radical (unpaired) electrons. The molecule has 0 spiro atoms. The minimum atomic E-state index is -3.02. The summed E-state index contributed by atoms with van der Waals surface area (Å²) in [5, 5.41) is 12.7. The van der Waals surface area contributed by atoms with Crippen LogP contribution in [0.2, 0.25) is 0 Å². The van der Waals surface area contributed by atoms with Crippen molar-refractivity contribution in [2.75, 3.05) is 6.61 Å². The van der Waals surface area contributed by atoms with Crippen LogP contribution in [0.4, 0.5) is 17.6 Å². The summed E-state index contributed by atoms with van der Waals surface area (Å²) in [7, 11) is 0. The molecule has 0 aliphatic rings. The van der Waals surface area contributed by atoms with Gasteiger partial charge in [0.2, 0.25) is 5.91 Å². The number of hydrogen-bond donors (Lipinski definition) is 2. The molecule has 0 aliphatic carbocycles. The number of aliphatic hydroxyl groups is 1. The lowest BCUT2D eigenvalue weighted by molar-refractivity contribution is -0.132. The van der Waals surface area contributed by atoms with Gasteiger partial charge in [-0.25, -0.2) is 0 Å². The van der Waals surface area contributed by atoms with Gasteiger partial charge in [-0.1, -0.05) is 32.9 Å². The Bertz CT molecular complexity index is 593. The zero-order chi connectivity index (χ0) is 20.6. The van der Waals surface area contributed by atoms with Crippen molar-refractivity contribution in [3.63, 3.8) is 0 Å². The molecule has 0 saturated carbocycles. The van der Waals surface area contributed by atoms with E-state index in [4.69, 9.17) is 0 Å². The van der Waals surface area contributed by atoms with E-state index in [0.29, 0.717) is 5.56 Å². The lowest BCUT2D eigenvalue weighted by Crippen LogP contribution is -2.36. The molecular weight excluding hydrogens is 370 g/mol. The van der Waals surface area contributed by atoms with Crippen LogP contribution in [0.15, 0.2) is 24.3 Å². The Balaban J connectivity index is 2.88. The molecule has 0 fully saturated rings. The maximum atomic E-state index is 12.4. The second-order valence-electron chi connectivity index (χ2n) is 7.08. The molecule has 0 aromatic heterocycles. The Morgan fingerprint density at radius 1 is 1.19 bits per heavy atom. The lowest BCUT2D eigenvalue weighted by Gasteiger charge is -2.26. The second kappa shape index (κ2) is 10.5. The Labute approximate surface area is 155 Å². The molecule has 1 amide bonds. The number of carbonyl (C=O) groups is 1. The molecule has 0 heterocycles. The third-order valence-electron chi connectivity index (χ3n) is 3.85. The zero-order valence-electron chi connectivity index (χ0n) is 15.4. The van der Waals surface area contributed by atoms with Crippen molar-refractivity contribution >= 4 is 5.91 Å². The quantitative estimate of drug-likeness (QED) is 0.590. The number of halogens is 4. The van der Waals surface area contributed by atoms with Crippen molar-refractivity contribution in [2.45, 2.75) is 59.0 Å². The molecule has 5 nitrogen and oxygen atoms in total. The summed E-state index contributed by atoms with van der Waals surface area (Å²) in [4.78, 5) is 12.2. The largest absolute Gasteiger partial charge is 0.435 e. The smallest absolute Gasteiger partial charge is 0.387 e. The zero-order valence-corrected chi connectivity index (χ0v) is 15.4. The summed E-state index contributed by atoms with van der Waals surface area (Å²) in [5.74, 6) is -0.620. The molecule has 1 aromatic carbocycles. The van der Waals surface area contributed by atoms with E-state index in [1.54, 1.807) is 26.8 Å². The van der Waals surface area contributed by atoms with E-state index in [2.05, 4.69) is 14.8 Å². The first-order chi connectivity index (χ1) is 12.5. The van der Waals surface area contributed by atoms with E-state index in [1.165, 1.54) is 18.2 Å². The highest BCUT2D eigenvalue weighted by Crippen LogP contribution is 2.25. The van der Waals surface area contributed by atoms with Gasteiger partial charge in [-0.2, -0.15) is 17.6 Å². The number of benzene rings is 1. The number of nitrogens with one attached hydrogen (secondary N) is 1. The lowest BCUT2D eigenvalue weighted by atomic mass is 9.87. The van der Waals surface area contributed by atoms with Crippen LogP contribution < -0.4 is 10.1 Å². The molecule has 1 rings (SSSR count). The third kappa shape index (κ3) is 9.05. The predicted molar refractivity (Wildman–Crippen MR) is 90.6 cm³/mol. The highest BCUT2D eigenvalue weighted by atomic mass is 19.3. The highest BCUT2D eigenvalue weighted by Gasteiger charge is 2.26. The number of amides is 1. The number of aliphatic hydroxyl groups excluding tert-OH is 1. The van der Waals surface area contributed by atoms with Crippen molar-refractivity contribution in [3.05, 3.63) is 29.8 Å². The monoisotopic (exact) mass is 395 g/mol. The van der Waals surface area contributed by atoms with Crippen molar-refractivity contribution in [3.8, 4) is 5.75 Å². The predicted octanol–water partition coefficient (Wildman–Crippen LogP) is 3.87. The molecule has 0 saturated heterocycles. The van der Waals surface area contributed by atoms with Crippen LogP contribution >= 0.6 is 0 Å². The fraction of sp³-hybridized carbons (Fsp3) is 0.611. The second-order valence-corrected chi connectivity index (χ2v) is 7.08. The van der Waals surface area contributed by atoms with Crippen LogP contribution in [0.1, 0.15) is 45.2 Å². The van der Waals surface area contributed by atoms with Gasteiger partial charge >= 0.3 is 13.2 Å². The first-order valence-corrected chi connectivity index (χ1v) is 8.41. The molecule has 9 heteroatoms. The number of ether oxygens (including phenoxy) is 2. The summed E-state index contributed by atoms with van der Waals surface area (Å²) in [5.41, 5.74) is -0.124. The third-order valence-corrected chi connectivity index (χ3v) is 3.85. The number of alkyl halides is 4. The van der Waals surface area contributed by atoms with Gasteiger partial charge in [0.15, 0.2) is 0 Å². The molecule has 2 atom stereocenters. The topological polar surface area (TPSA) is 67.8 Å². The summed E-state index contributed by atoms with van der Waals surface area (Å²) in [6.45, 7) is -1.03. The number of rotatable bonds is 10. The van der Waals surface area contributed by atoms with Crippen LogP contribution in [0.25, 0.3) is 0 Å². The van der Waals surface area contributed by atoms with Crippen molar-refractivity contribution in [2.24, 2.45) is 5.41 Å². The molecule has 1 aromatic rings.